The van der Waals surface area contributed by atoms with Crippen molar-refractivity contribution in [3.05, 3.63) is 29.8 Å². The minimum Gasteiger partial charge on any atom is -0.321 e. The number of pyridine rings is 1. The highest BCUT2D eigenvalue weighted by molar-refractivity contribution is 5.25. The molecule has 1 saturated carbocycles. The van der Waals surface area contributed by atoms with E-state index in [1.807, 2.05) is 0 Å². The zero-order valence-corrected chi connectivity index (χ0v) is 7.30. The van der Waals surface area contributed by atoms with Crippen LogP contribution in [0.25, 0.3) is 0 Å². The van der Waals surface area contributed by atoms with E-state index in [-0.39, 0.29) is 0 Å². The first-order valence-corrected chi connectivity index (χ1v) is 4.20. The predicted octanol–water partition coefficient (Wildman–Crippen LogP) is 1.80. The van der Waals surface area contributed by atoms with Crippen LogP contribution in [-0.4, -0.2) is 10.9 Å². The number of nitrogens with two attached hydrogens (primary N) is 1. The molecule has 2 nitrogen and oxygen atoms in total. The SMILES string of the molecule is NC1(c2ccc(F)nc2)CC(F)(F)C1. The number of hydrogen-bond donors (Lipinski definition) is 1. The van der Waals surface area contributed by atoms with Gasteiger partial charge in [-0.3, -0.25) is 0 Å². The third kappa shape index (κ3) is 1.48. The van der Waals surface area contributed by atoms with E-state index in [0.717, 1.165) is 6.07 Å². The quantitative estimate of drug-likeness (QED) is 0.705. The number of nitrogens with zero attached hydrogens (tertiary/aromatic N) is 1. The van der Waals surface area contributed by atoms with Gasteiger partial charge in [0, 0.05) is 19.0 Å². The second kappa shape index (κ2) is 2.70. The monoisotopic (exact) mass is 202 g/mol. The van der Waals surface area contributed by atoms with Gasteiger partial charge in [0.05, 0.1) is 5.54 Å². The summed E-state index contributed by atoms with van der Waals surface area (Å²) in [4.78, 5) is 3.38. The fraction of sp³-hybridized carbons (Fsp3) is 0.444. The number of halogens is 3. The molecule has 2 N–H and O–H groups in total. The molecular weight excluding hydrogens is 193 g/mol. The average molecular weight is 202 g/mol. The van der Waals surface area contributed by atoms with Gasteiger partial charge in [0.25, 0.3) is 5.92 Å². The number of rotatable bonds is 1. The largest absolute Gasteiger partial charge is 0.321 e. The minimum atomic E-state index is -2.69. The Morgan fingerprint density at radius 2 is 1.93 bits per heavy atom. The summed E-state index contributed by atoms with van der Waals surface area (Å²) in [5, 5.41) is 0. The van der Waals surface area contributed by atoms with Gasteiger partial charge in [0.2, 0.25) is 5.95 Å². The van der Waals surface area contributed by atoms with E-state index in [4.69, 9.17) is 5.73 Å². The van der Waals surface area contributed by atoms with Gasteiger partial charge in [-0.1, -0.05) is 6.07 Å². The van der Waals surface area contributed by atoms with Crippen molar-refractivity contribution in [2.45, 2.75) is 24.3 Å². The van der Waals surface area contributed by atoms with Gasteiger partial charge in [-0.2, -0.15) is 4.39 Å². The molecule has 0 bridgehead atoms. The zero-order chi connectivity index (χ0) is 10.4. The van der Waals surface area contributed by atoms with Crippen molar-refractivity contribution in [3.63, 3.8) is 0 Å². The van der Waals surface area contributed by atoms with Crippen molar-refractivity contribution < 1.29 is 13.2 Å². The molecule has 0 amide bonds. The van der Waals surface area contributed by atoms with E-state index < -0.39 is 30.3 Å². The summed E-state index contributed by atoms with van der Waals surface area (Å²) >= 11 is 0. The molecule has 1 fully saturated rings. The van der Waals surface area contributed by atoms with Gasteiger partial charge >= 0.3 is 0 Å². The Morgan fingerprint density at radius 3 is 2.36 bits per heavy atom. The summed E-state index contributed by atoms with van der Waals surface area (Å²) in [5.41, 5.74) is 5.13. The van der Waals surface area contributed by atoms with Crippen LogP contribution in [-0.2, 0) is 5.54 Å². The highest BCUT2D eigenvalue weighted by Crippen LogP contribution is 2.49. The van der Waals surface area contributed by atoms with Gasteiger partial charge < -0.3 is 5.73 Å². The fourth-order valence-electron chi connectivity index (χ4n) is 1.75. The molecule has 0 saturated heterocycles. The highest BCUT2D eigenvalue weighted by atomic mass is 19.3. The van der Waals surface area contributed by atoms with E-state index in [0.29, 0.717) is 5.56 Å². The van der Waals surface area contributed by atoms with E-state index in [9.17, 15) is 13.2 Å². The number of alkyl halides is 2. The smallest absolute Gasteiger partial charge is 0.252 e. The van der Waals surface area contributed by atoms with Gasteiger partial charge in [0.1, 0.15) is 0 Å². The van der Waals surface area contributed by atoms with Crippen molar-refractivity contribution in [1.29, 1.82) is 0 Å². The molecular formula is C9H9F3N2. The first-order valence-electron chi connectivity index (χ1n) is 4.20. The molecule has 0 spiro atoms. The second-order valence-corrected chi connectivity index (χ2v) is 3.74. The first kappa shape index (κ1) is 9.45. The van der Waals surface area contributed by atoms with Crippen molar-refractivity contribution in [3.8, 4) is 0 Å². The molecule has 0 aliphatic heterocycles. The highest BCUT2D eigenvalue weighted by Gasteiger charge is 2.55. The molecule has 14 heavy (non-hydrogen) atoms. The van der Waals surface area contributed by atoms with Crippen LogP contribution in [0.3, 0.4) is 0 Å². The molecule has 1 aliphatic rings. The van der Waals surface area contributed by atoms with Crippen LogP contribution in [0.5, 0.6) is 0 Å². The van der Waals surface area contributed by atoms with Crippen molar-refractivity contribution in [2.24, 2.45) is 5.73 Å². The molecule has 0 atom stereocenters. The Morgan fingerprint density at radius 1 is 1.29 bits per heavy atom. The van der Waals surface area contributed by atoms with Crippen LogP contribution in [0.15, 0.2) is 18.3 Å². The minimum absolute atomic E-state index is 0.396. The Balaban J connectivity index is 2.21. The lowest BCUT2D eigenvalue weighted by Gasteiger charge is -2.44. The maximum absolute atomic E-state index is 12.6. The third-order valence-electron chi connectivity index (χ3n) is 2.45. The standard InChI is InChI=1S/C9H9F3N2/c10-7-2-1-6(3-14-7)8(13)4-9(11,12)5-8/h1-3H,4-5,13H2. The van der Waals surface area contributed by atoms with E-state index in [1.54, 1.807) is 0 Å². The zero-order valence-electron chi connectivity index (χ0n) is 7.30. The molecule has 0 aromatic carbocycles. The predicted molar refractivity (Wildman–Crippen MR) is 44.2 cm³/mol. The second-order valence-electron chi connectivity index (χ2n) is 3.74. The molecule has 1 aromatic heterocycles. The van der Waals surface area contributed by atoms with E-state index >= 15 is 0 Å². The molecule has 0 radical (unpaired) electrons. The number of hydrogen-bond acceptors (Lipinski definition) is 2. The van der Waals surface area contributed by atoms with Crippen molar-refractivity contribution in [1.82, 2.24) is 4.98 Å². The van der Waals surface area contributed by atoms with Crippen LogP contribution >= 0.6 is 0 Å². The maximum atomic E-state index is 12.6. The van der Waals surface area contributed by atoms with Crippen molar-refractivity contribution in [2.75, 3.05) is 0 Å². The Hall–Kier alpha value is -1.10. The first-order chi connectivity index (χ1) is 6.41. The Kier molecular flexibility index (Phi) is 1.82. The van der Waals surface area contributed by atoms with Gasteiger partial charge in [-0.05, 0) is 11.6 Å². The van der Waals surface area contributed by atoms with Crippen LogP contribution in [0, 0.1) is 5.95 Å². The molecule has 1 heterocycles. The lowest BCUT2D eigenvalue weighted by atomic mass is 9.70. The van der Waals surface area contributed by atoms with Crippen LogP contribution < -0.4 is 5.73 Å². The normalized spacial score (nSPS) is 22.9. The lowest BCUT2D eigenvalue weighted by Crippen LogP contribution is -2.55. The van der Waals surface area contributed by atoms with Gasteiger partial charge in [0.15, 0.2) is 0 Å². The summed E-state index contributed by atoms with van der Waals surface area (Å²) in [6.45, 7) is 0. The summed E-state index contributed by atoms with van der Waals surface area (Å²) in [7, 11) is 0. The molecule has 1 aliphatic carbocycles. The summed E-state index contributed by atoms with van der Waals surface area (Å²) in [5.74, 6) is -3.33. The third-order valence-corrected chi connectivity index (χ3v) is 2.45. The van der Waals surface area contributed by atoms with Gasteiger partial charge in [-0.25, -0.2) is 13.8 Å². The molecule has 76 valence electrons. The molecule has 2 rings (SSSR count). The maximum Gasteiger partial charge on any atom is 0.252 e. The Bertz CT molecular complexity index is 340. The molecule has 5 heteroatoms. The Labute approximate surface area is 78.9 Å². The van der Waals surface area contributed by atoms with Gasteiger partial charge in [-0.15, -0.1) is 0 Å². The topological polar surface area (TPSA) is 38.9 Å². The summed E-state index contributed by atoms with van der Waals surface area (Å²) in [6.07, 6.45) is 0.422. The average Bonchev–Trinajstić information content (AvgIpc) is 2.01. The summed E-state index contributed by atoms with van der Waals surface area (Å²) in [6, 6.07) is 2.53. The lowest BCUT2D eigenvalue weighted by molar-refractivity contribution is -0.125. The van der Waals surface area contributed by atoms with Crippen LogP contribution in [0.2, 0.25) is 0 Å². The van der Waals surface area contributed by atoms with Crippen LogP contribution in [0.1, 0.15) is 18.4 Å². The van der Waals surface area contributed by atoms with Crippen molar-refractivity contribution >= 4 is 0 Å². The van der Waals surface area contributed by atoms with E-state index in [2.05, 4.69) is 4.98 Å². The van der Waals surface area contributed by atoms with E-state index in [1.165, 1.54) is 12.3 Å². The molecule has 1 aromatic rings. The van der Waals surface area contributed by atoms with Crippen LogP contribution in [0.4, 0.5) is 13.2 Å². The summed E-state index contributed by atoms with van der Waals surface area (Å²) < 4.78 is 37.7. The number of aromatic nitrogens is 1. The molecule has 0 unspecified atom stereocenters. The fourth-order valence-corrected chi connectivity index (χ4v) is 1.75.